The topological polar surface area (TPSA) is 67.9 Å². The molecular weight excluding hydrogens is 546 g/mol. The number of nitrogens with one attached hydrogen (secondary N) is 2. The number of hydrogen-bond acceptors (Lipinski definition) is 5. The van der Waals surface area contributed by atoms with Crippen LogP contribution in [-0.4, -0.2) is 83.9 Å². The fourth-order valence-electron chi connectivity index (χ4n) is 7.37. The second kappa shape index (κ2) is 13.9. The molecule has 0 radical (unpaired) electrons. The lowest BCUT2D eigenvalue weighted by molar-refractivity contribution is -0.139. The number of carbonyl (C=O) groups excluding carboxylic acids is 2. The van der Waals surface area contributed by atoms with E-state index in [2.05, 4.69) is 53.3 Å². The predicted octanol–water partition coefficient (Wildman–Crippen LogP) is 4.65. The number of fused-ring (bicyclic) bond motifs is 1. The van der Waals surface area contributed by atoms with Crippen LogP contribution in [0.25, 0.3) is 0 Å². The summed E-state index contributed by atoms with van der Waals surface area (Å²) < 4.78 is 0. The molecule has 2 aromatic rings. The fourth-order valence-corrected chi connectivity index (χ4v) is 7.50. The van der Waals surface area contributed by atoms with Crippen molar-refractivity contribution in [1.29, 1.82) is 0 Å². The highest BCUT2D eigenvalue weighted by Crippen LogP contribution is 2.36. The van der Waals surface area contributed by atoms with E-state index in [0.29, 0.717) is 36.9 Å². The van der Waals surface area contributed by atoms with Gasteiger partial charge in [-0.05, 0) is 73.6 Å². The zero-order valence-corrected chi connectivity index (χ0v) is 26.3. The minimum absolute atomic E-state index is 0.0106. The molecule has 2 atom stereocenters. The van der Waals surface area contributed by atoms with Gasteiger partial charge >= 0.3 is 0 Å². The van der Waals surface area contributed by atoms with E-state index in [-0.39, 0.29) is 23.4 Å². The van der Waals surface area contributed by atoms with Gasteiger partial charge in [0.25, 0.3) is 0 Å². The SMILES string of the molecule is CCN1CCC(CC(C)C)(N2CCN(C(=O)[C@@H](Cc3ccc(Cl)cc3)NC(=O)CC3NCc4ccccc43)CC2)CC1. The van der Waals surface area contributed by atoms with E-state index in [9.17, 15) is 9.59 Å². The van der Waals surface area contributed by atoms with Crippen LogP contribution in [0.3, 0.4) is 0 Å². The summed E-state index contributed by atoms with van der Waals surface area (Å²) in [7, 11) is 0. The number of piperidine rings is 1. The molecule has 228 valence electrons. The van der Waals surface area contributed by atoms with Crippen LogP contribution < -0.4 is 10.6 Å². The Hall–Kier alpha value is -2.45. The van der Waals surface area contributed by atoms with E-state index in [0.717, 1.165) is 44.8 Å². The van der Waals surface area contributed by atoms with Gasteiger partial charge in [0.2, 0.25) is 11.8 Å². The number of hydrogen-bond donors (Lipinski definition) is 2. The molecule has 2 aromatic carbocycles. The van der Waals surface area contributed by atoms with Crippen molar-refractivity contribution < 1.29 is 9.59 Å². The first kappa shape index (κ1) is 31.0. The molecule has 0 aliphatic carbocycles. The summed E-state index contributed by atoms with van der Waals surface area (Å²) >= 11 is 6.13. The van der Waals surface area contributed by atoms with Gasteiger partial charge in [-0.25, -0.2) is 0 Å². The quantitative estimate of drug-likeness (QED) is 0.420. The van der Waals surface area contributed by atoms with Crippen molar-refractivity contribution in [1.82, 2.24) is 25.3 Å². The molecule has 2 saturated heterocycles. The van der Waals surface area contributed by atoms with Crippen LogP contribution in [0.4, 0.5) is 0 Å². The van der Waals surface area contributed by atoms with E-state index in [1.807, 2.05) is 41.3 Å². The normalized spacial score (nSPS) is 21.7. The van der Waals surface area contributed by atoms with Gasteiger partial charge in [0.05, 0.1) is 0 Å². The second-order valence-corrected chi connectivity index (χ2v) is 13.3. The standard InChI is InChI=1S/C34H48ClN5O2/c1-4-38-15-13-34(14-16-38,23-25(2)3)40-19-17-39(18-20-40)33(42)31(21-26-9-11-28(35)12-10-26)37-32(41)22-30-29-8-6-5-7-27(29)24-36-30/h5-12,25,30-31,36H,4,13-24H2,1-3H3,(H,37,41)/t30?,31-/m1/s1. The van der Waals surface area contributed by atoms with Crippen LogP contribution >= 0.6 is 11.6 Å². The number of piperazine rings is 1. The van der Waals surface area contributed by atoms with Crippen molar-refractivity contribution in [3.63, 3.8) is 0 Å². The molecule has 42 heavy (non-hydrogen) atoms. The molecular formula is C34H48ClN5O2. The Bertz CT molecular complexity index is 1200. The zero-order chi connectivity index (χ0) is 29.7. The Labute approximate surface area is 257 Å². The molecule has 0 spiro atoms. The molecule has 3 heterocycles. The molecule has 1 unspecified atom stereocenters. The van der Waals surface area contributed by atoms with Crippen LogP contribution in [0.5, 0.6) is 0 Å². The minimum atomic E-state index is -0.612. The first-order chi connectivity index (χ1) is 20.3. The number of halogens is 1. The Morgan fingerprint density at radius 1 is 1.00 bits per heavy atom. The smallest absolute Gasteiger partial charge is 0.245 e. The number of benzene rings is 2. The third kappa shape index (κ3) is 7.36. The summed E-state index contributed by atoms with van der Waals surface area (Å²) in [6, 6.07) is 15.2. The third-order valence-electron chi connectivity index (χ3n) is 9.63. The summed E-state index contributed by atoms with van der Waals surface area (Å²) in [5.74, 6) is 0.545. The highest BCUT2D eigenvalue weighted by molar-refractivity contribution is 6.30. The highest BCUT2D eigenvalue weighted by atomic mass is 35.5. The van der Waals surface area contributed by atoms with Gasteiger partial charge in [-0.3, -0.25) is 14.5 Å². The van der Waals surface area contributed by atoms with Crippen molar-refractivity contribution in [2.75, 3.05) is 45.8 Å². The van der Waals surface area contributed by atoms with Gasteiger partial charge in [-0.2, -0.15) is 0 Å². The fraction of sp³-hybridized carbons (Fsp3) is 0.588. The molecule has 2 fully saturated rings. The van der Waals surface area contributed by atoms with Crippen LogP contribution in [0, 0.1) is 5.92 Å². The maximum Gasteiger partial charge on any atom is 0.245 e. The lowest BCUT2D eigenvalue weighted by Gasteiger charge is -2.52. The predicted molar refractivity (Wildman–Crippen MR) is 169 cm³/mol. The maximum absolute atomic E-state index is 14.0. The Morgan fingerprint density at radius 2 is 1.69 bits per heavy atom. The highest BCUT2D eigenvalue weighted by Gasteiger charge is 2.42. The van der Waals surface area contributed by atoms with E-state index < -0.39 is 6.04 Å². The van der Waals surface area contributed by atoms with E-state index in [1.54, 1.807) is 0 Å². The first-order valence-electron chi connectivity index (χ1n) is 15.9. The molecule has 3 aliphatic heterocycles. The van der Waals surface area contributed by atoms with Crippen molar-refractivity contribution in [2.24, 2.45) is 5.92 Å². The van der Waals surface area contributed by atoms with Gasteiger partial charge in [0.15, 0.2) is 0 Å². The van der Waals surface area contributed by atoms with Crippen molar-refractivity contribution >= 4 is 23.4 Å². The summed E-state index contributed by atoms with van der Waals surface area (Å²) in [5.41, 5.74) is 3.61. The van der Waals surface area contributed by atoms with E-state index in [4.69, 9.17) is 11.6 Å². The molecule has 7 nitrogen and oxygen atoms in total. The number of carbonyl (C=O) groups is 2. The number of rotatable bonds is 10. The van der Waals surface area contributed by atoms with Crippen LogP contribution in [0.2, 0.25) is 5.02 Å². The van der Waals surface area contributed by atoms with Crippen LogP contribution in [0.1, 0.15) is 69.2 Å². The van der Waals surface area contributed by atoms with Gasteiger partial charge < -0.3 is 20.4 Å². The summed E-state index contributed by atoms with van der Waals surface area (Å²) in [6.07, 6.45) is 4.34. The van der Waals surface area contributed by atoms with Gasteiger partial charge in [0, 0.05) is 62.2 Å². The molecule has 0 bridgehead atoms. The molecule has 2 amide bonds. The Kier molecular flexibility index (Phi) is 10.3. The van der Waals surface area contributed by atoms with Gasteiger partial charge in [-0.1, -0.05) is 68.8 Å². The number of nitrogens with zero attached hydrogens (tertiary/aromatic N) is 3. The Balaban J connectivity index is 1.25. The molecule has 8 heteroatoms. The van der Waals surface area contributed by atoms with E-state index in [1.165, 1.54) is 30.4 Å². The minimum Gasteiger partial charge on any atom is -0.344 e. The largest absolute Gasteiger partial charge is 0.344 e. The van der Waals surface area contributed by atoms with Crippen molar-refractivity contribution in [2.45, 2.75) is 77.0 Å². The second-order valence-electron chi connectivity index (χ2n) is 12.9. The zero-order valence-electron chi connectivity index (χ0n) is 25.6. The first-order valence-corrected chi connectivity index (χ1v) is 16.3. The molecule has 5 rings (SSSR count). The number of likely N-dealkylation sites (tertiary alicyclic amines) is 1. The Morgan fingerprint density at radius 3 is 2.36 bits per heavy atom. The molecule has 2 N–H and O–H groups in total. The van der Waals surface area contributed by atoms with E-state index >= 15 is 0 Å². The molecule has 3 aliphatic rings. The van der Waals surface area contributed by atoms with Crippen molar-refractivity contribution in [3.05, 3.63) is 70.2 Å². The maximum atomic E-state index is 14.0. The summed E-state index contributed by atoms with van der Waals surface area (Å²) in [5, 5.41) is 7.25. The van der Waals surface area contributed by atoms with Crippen LogP contribution in [-0.2, 0) is 22.6 Å². The molecule has 0 aromatic heterocycles. The van der Waals surface area contributed by atoms with Gasteiger partial charge in [-0.15, -0.1) is 0 Å². The summed E-state index contributed by atoms with van der Waals surface area (Å²) in [4.78, 5) is 34.6. The molecule has 0 saturated carbocycles. The van der Waals surface area contributed by atoms with Gasteiger partial charge in [0.1, 0.15) is 6.04 Å². The lowest BCUT2D eigenvalue weighted by atomic mass is 9.78. The third-order valence-corrected chi connectivity index (χ3v) is 9.88. The lowest BCUT2D eigenvalue weighted by Crippen LogP contribution is -2.63. The average Bonchev–Trinajstić information content (AvgIpc) is 3.40. The van der Waals surface area contributed by atoms with Crippen molar-refractivity contribution in [3.8, 4) is 0 Å². The monoisotopic (exact) mass is 593 g/mol. The average molecular weight is 594 g/mol. The number of amides is 2. The summed E-state index contributed by atoms with van der Waals surface area (Å²) in [6.45, 7) is 14.3. The van der Waals surface area contributed by atoms with Crippen LogP contribution in [0.15, 0.2) is 48.5 Å².